The van der Waals surface area contributed by atoms with Gasteiger partial charge >= 0.3 is 0 Å². The molecular weight excluding hydrogens is 333 g/mol. The minimum absolute atomic E-state index is 0.0638. The molecular formula is C19H20FN5O. The van der Waals surface area contributed by atoms with Crippen LogP contribution in [0.4, 0.5) is 10.2 Å². The van der Waals surface area contributed by atoms with Crippen LogP contribution in [0.25, 0.3) is 5.65 Å². The van der Waals surface area contributed by atoms with Crippen molar-refractivity contribution >= 4 is 17.4 Å². The van der Waals surface area contributed by atoms with Gasteiger partial charge in [-0.25, -0.2) is 13.9 Å². The van der Waals surface area contributed by atoms with Gasteiger partial charge in [-0.05, 0) is 56.2 Å². The highest BCUT2D eigenvalue weighted by molar-refractivity contribution is 5.94. The number of anilines is 1. The zero-order valence-electron chi connectivity index (χ0n) is 14.7. The van der Waals surface area contributed by atoms with E-state index < -0.39 is 0 Å². The summed E-state index contributed by atoms with van der Waals surface area (Å²) in [7, 11) is 0. The Kier molecular flexibility index (Phi) is 4.06. The van der Waals surface area contributed by atoms with Gasteiger partial charge in [0.1, 0.15) is 11.6 Å². The first-order valence-electron chi connectivity index (χ1n) is 8.64. The van der Waals surface area contributed by atoms with Gasteiger partial charge in [0.2, 0.25) is 0 Å². The lowest BCUT2D eigenvalue weighted by atomic mass is 10.1. The molecule has 7 heteroatoms. The third kappa shape index (κ3) is 3.12. The summed E-state index contributed by atoms with van der Waals surface area (Å²) in [4.78, 5) is 18.8. The van der Waals surface area contributed by atoms with E-state index in [2.05, 4.69) is 15.4 Å². The maximum atomic E-state index is 13.4. The standard InChI is InChI=1S/C19H20FN5O/c1-12-9-14(3-4-16(12)20)19(26)24-8-7-15(11-24)22-17-5-6-18-21-13(2)10-25(18)23-17/h3-6,9-10,15H,7-8,11H2,1-2H3,(H,22,23). The molecule has 0 radical (unpaired) electrons. The molecule has 1 atom stereocenters. The molecule has 1 saturated heterocycles. The molecule has 0 bridgehead atoms. The predicted molar refractivity (Wildman–Crippen MR) is 96.8 cm³/mol. The maximum Gasteiger partial charge on any atom is 0.253 e. The Morgan fingerprint density at radius 2 is 2.12 bits per heavy atom. The second-order valence-electron chi connectivity index (χ2n) is 6.75. The Morgan fingerprint density at radius 3 is 2.92 bits per heavy atom. The quantitative estimate of drug-likeness (QED) is 0.786. The molecule has 1 unspecified atom stereocenters. The van der Waals surface area contributed by atoms with E-state index in [0.29, 0.717) is 24.2 Å². The smallest absolute Gasteiger partial charge is 0.253 e. The van der Waals surface area contributed by atoms with Crippen LogP contribution in [0.2, 0.25) is 0 Å². The number of nitrogens with zero attached hydrogens (tertiary/aromatic N) is 4. The summed E-state index contributed by atoms with van der Waals surface area (Å²) in [6, 6.07) is 8.45. The van der Waals surface area contributed by atoms with Gasteiger partial charge in [0.25, 0.3) is 5.91 Å². The number of aryl methyl sites for hydroxylation is 2. The van der Waals surface area contributed by atoms with Crippen LogP contribution in [-0.2, 0) is 0 Å². The molecule has 0 aliphatic carbocycles. The van der Waals surface area contributed by atoms with Gasteiger partial charge in [-0.2, -0.15) is 0 Å². The normalized spacial score (nSPS) is 17.0. The van der Waals surface area contributed by atoms with Gasteiger partial charge in [-0.3, -0.25) is 4.79 Å². The van der Waals surface area contributed by atoms with Crippen LogP contribution in [0.3, 0.4) is 0 Å². The van der Waals surface area contributed by atoms with Crippen molar-refractivity contribution in [2.24, 2.45) is 0 Å². The van der Waals surface area contributed by atoms with Crippen LogP contribution >= 0.6 is 0 Å². The number of carbonyl (C=O) groups is 1. The van der Waals surface area contributed by atoms with Gasteiger partial charge in [0, 0.05) is 24.7 Å². The molecule has 4 rings (SSSR count). The van der Waals surface area contributed by atoms with Gasteiger partial charge in [0.05, 0.1) is 11.9 Å². The van der Waals surface area contributed by atoms with E-state index in [4.69, 9.17) is 0 Å². The first-order valence-corrected chi connectivity index (χ1v) is 8.64. The van der Waals surface area contributed by atoms with Crippen molar-refractivity contribution in [2.45, 2.75) is 26.3 Å². The Morgan fingerprint density at radius 1 is 1.27 bits per heavy atom. The first-order chi connectivity index (χ1) is 12.5. The number of imidazole rings is 1. The first kappa shape index (κ1) is 16.5. The van der Waals surface area contributed by atoms with Gasteiger partial charge in [0.15, 0.2) is 5.65 Å². The van der Waals surface area contributed by atoms with Crippen LogP contribution in [0, 0.1) is 19.7 Å². The molecule has 1 amide bonds. The van der Waals surface area contributed by atoms with E-state index in [1.54, 1.807) is 28.5 Å². The SMILES string of the molecule is Cc1cn2nc(NC3CCN(C(=O)c4ccc(F)c(C)c4)C3)ccc2n1. The zero-order chi connectivity index (χ0) is 18.3. The maximum absolute atomic E-state index is 13.4. The fourth-order valence-electron chi connectivity index (χ4n) is 3.31. The fourth-order valence-corrected chi connectivity index (χ4v) is 3.31. The number of carbonyl (C=O) groups excluding carboxylic acids is 1. The number of amides is 1. The Hall–Kier alpha value is -2.96. The number of benzene rings is 1. The zero-order valence-corrected chi connectivity index (χ0v) is 14.7. The lowest BCUT2D eigenvalue weighted by Gasteiger charge is -2.18. The lowest BCUT2D eigenvalue weighted by molar-refractivity contribution is 0.0791. The number of likely N-dealkylation sites (tertiary alicyclic amines) is 1. The van der Waals surface area contributed by atoms with Crippen LogP contribution in [0.15, 0.2) is 36.5 Å². The van der Waals surface area contributed by atoms with Crippen LogP contribution < -0.4 is 5.32 Å². The molecule has 3 heterocycles. The van der Waals surface area contributed by atoms with Crippen molar-refractivity contribution in [3.8, 4) is 0 Å². The van der Waals surface area contributed by atoms with Crippen molar-refractivity contribution in [1.82, 2.24) is 19.5 Å². The highest BCUT2D eigenvalue weighted by Crippen LogP contribution is 2.19. The number of fused-ring (bicyclic) bond motifs is 1. The van der Waals surface area contributed by atoms with Crippen molar-refractivity contribution in [1.29, 1.82) is 0 Å². The molecule has 1 fully saturated rings. The van der Waals surface area contributed by atoms with E-state index in [1.165, 1.54) is 6.07 Å². The second-order valence-corrected chi connectivity index (χ2v) is 6.75. The number of nitrogens with one attached hydrogen (secondary N) is 1. The van der Waals surface area contributed by atoms with Crippen molar-refractivity contribution in [3.05, 3.63) is 59.2 Å². The third-order valence-electron chi connectivity index (χ3n) is 4.67. The lowest BCUT2D eigenvalue weighted by Crippen LogP contribution is -2.31. The van der Waals surface area contributed by atoms with Crippen molar-refractivity contribution < 1.29 is 9.18 Å². The Labute approximate surface area is 150 Å². The number of rotatable bonds is 3. The average molecular weight is 353 g/mol. The van der Waals surface area contributed by atoms with Crippen molar-refractivity contribution in [3.63, 3.8) is 0 Å². The number of aromatic nitrogens is 3. The number of hydrogen-bond donors (Lipinski definition) is 1. The molecule has 0 spiro atoms. The van der Waals surface area contributed by atoms with Crippen LogP contribution in [-0.4, -0.2) is 44.5 Å². The van der Waals surface area contributed by atoms with E-state index in [0.717, 1.165) is 23.6 Å². The van der Waals surface area contributed by atoms with Crippen molar-refractivity contribution in [2.75, 3.05) is 18.4 Å². The number of hydrogen-bond acceptors (Lipinski definition) is 4. The topological polar surface area (TPSA) is 62.5 Å². The largest absolute Gasteiger partial charge is 0.364 e. The van der Waals surface area contributed by atoms with Gasteiger partial charge in [-0.15, -0.1) is 5.10 Å². The minimum atomic E-state index is -0.293. The summed E-state index contributed by atoms with van der Waals surface area (Å²) in [5, 5.41) is 7.89. The molecule has 2 aromatic heterocycles. The molecule has 1 aromatic carbocycles. The number of halogens is 1. The summed E-state index contributed by atoms with van der Waals surface area (Å²) in [5.41, 5.74) is 2.74. The molecule has 1 N–H and O–H groups in total. The van der Waals surface area contributed by atoms with E-state index in [9.17, 15) is 9.18 Å². The molecule has 6 nitrogen and oxygen atoms in total. The van der Waals surface area contributed by atoms with Gasteiger partial charge < -0.3 is 10.2 Å². The predicted octanol–water partition coefficient (Wildman–Crippen LogP) is 2.81. The summed E-state index contributed by atoms with van der Waals surface area (Å²) in [5.74, 6) is 0.400. The van der Waals surface area contributed by atoms with E-state index in [-0.39, 0.29) is 17.8 Å². The third-order valence-corrected chi connectivity index (χ3v) is 4.67. The van der Waals surface area contributed by atoms with Crippen LogP contribution in [0.5, 0.6) is 0 Å². The summed E-state index contributed by atoms with van der Waals surface area (Å²) in [6.07, 6.45) is 2.72. The second kappa shape index (κ2) is 6.40. The highest BCUT2D eigenvalue weighted by atomic mass is 19.1. The highest BCUT2D eigenvalue weighted by Gasteiger charge is 2.27. The molecule has 1 aliphatic rings. The van der Waals surface area contributed by atoms with E-state index in [1.807, 2.05) is 25.3 Å². The summed E-state index contributed by atoms with van der Waals surface area (Å²) >= 11 is 0. The molecule has 134 valence electrons. The summed E-state index contributed by atoms with van der Waals surface area (Å²) in [6.45, 7) is 4.86. The fraction of sp³-hybridized carbons (Fsp3) is 0.316. The van der Waals surface area contributed by atoms with E-state index >= 15 is 0 Å². The monoisotopic (exact) mass is 353 g/mol. The Balaban J connectivity index is 1.43. The molecule has 26 heavy (non-hydrogen) atoms. The van der Waals surface area contributed by atoms with Crippen LogP contribution in [0.1, 0.15) is 28.0 Å². The molecule has 1 aliphatic heterocycles. The summed E-state index contributed by atoms with van der Waals surface area (Å²) < 4.78 is 15.2. The Bertz CT molecular complexity index is 983. The molecule has 3 aromatic rings. The average Bonchev–Trinajstić information content (AvgIpc) is 3.22. The van der Waals surface area contributed by atoms with Gasteiger partial charge in [-0.1, -0.05) is 0 Å². The molecule has 0 saturated carbocycles. The minimum Gasteiger partial charge on any atom is -0.364 e.